The summed E-state index contributed by atoms with van der Waals surface area (Å²) >= 11 is 0. The number of alkyl halides is 3. The van der Waals surface area contributed by atoms with E-state index in [1.165, 1.54) is 18.0 Å². The Hall–Kier alpha value is -2.01. The number of hydrogen-bond donors (Lipinski definition) is 1. The van der Waals surface area contributed by atoms with E-state index in [9.17, 15) is 26.4 Å². The number of ether oxygens (including phenoxy) is 1. The Bertz CT molecular complexity index is 1020. The first-order valence-electron chi connectivity index (χ1n) is 10.5. The molecule has 1 atom stereocenters. The van der Waals surface area contributed by atoms with Gasteiger partial charge in [0.1, 0.15) is 5.60 Å². The number of carbonyl (C=O) groups is 1. The van der Waals surface area contributed by atoms with E-state index >= 15 is 0 Å². The molecule has 1 aromatic rings. The second-order valence-electron chi connectivity index (χ2n) is 10.2. The zero-order valence-electron chi connectivity index (χ0n) is 18.5. The molecule has 3 aliphatic carbocycles. The maximum atomic E-state index is 13.4. The molecule has 3 saturated carbocycles. The molecule has 3 fully saturated rings. The molecular formula is C21H28F3N3O4S. The first-order chi connectivity index (χ1) is 14.6. The molecule has 0 aromatic heterocycles. The van der Waals surface area contributed by atoms with Gasteiger partial charge in [0.2, 0.25) is 0 Å². The predicted octanol–water partition coefficient (Wildman–Crippen LogP) is 4.30. The van der Waals surface area contributed by atoms with Crippen LogP contribution in [0.1, 0.15) is 45.6 Å². The van der Waals surface area contributed by atoms with Crippen molar-refractivity contribution in [1.29, 1.82) is 0 Å². The lowest BCUT2D eigenvalue weighted by molar-refractivity contribution is -0.122. The molecule has 5 rings (SSSR count). The summed E-state index contributed by atoms with van der Waals surface area (Å²) in [6, 6.07) is 4.49. The molecule has 1 aliphatic heterocycles. The Kier molecular flexibility index (Phi) is 5.24. The summed E-state index contributed by atoms with van der Waals surface area (Å²) in [4.78, 5) is 13.7. The van der Waals surface area contributed by atoms with Gasteiger partial charge in [-0.1, -0.05) is 0 Å². The zero-order valence-corrected chi connectivity index (χ0v) is 19.3. The molecule has 1 aromatic carbocycles. The normalized spacial score (nSPS) is 27.8. The number of benzene rings is 1. The quantitative estimate of drug-likeness (QED) is 0.705. The minimum Gasteiger partial charge on any atom is -0.443 e. The van der Waals surface area contributed by atoms with Gasteiger partial charge in [-0.15, -0.1) is 0 Å². The maximum absolute atomic E-state index is 13.4. The topological polar surface area (TPSA) is 79.0 Å². The fourth-order valence-corrected chi connectivity index (χ4v) is 5.78. The Morgan fingerprint density at radius 3 is 2.34 bits per heavy atom. The molecule has 2 bridgehead atoms. The van der Waals surface area contributed by atoms with Crippen LogP contribution in [0, 0.1) is 11.3 Å². The van der Waals surface area contributed by atoms with Crippen LogP contribution in [0.3, 0.4) is 0 Å². The highest BCUT2D eigenvalue weighted by Crippen LogP contribution is 2.67. The number of anilines is 2. The Labute approximate surface area is 185 Å². The Morgan fingerprint density at radius 1 is 1.22 bits per heavy atom. The lowest BCUT2D eigenvalue weighted by atomic mass is 9.42. The largest absolute Gasteiger partial charge is 0.511 e. The number of carbonyl (C=O) groups excluding carboxylic acids is 1. The highest BCUT2D eigenvalue weighted by atomic mass is 32.2. The summed E-state index contributed by atoms with van der Waals surface area (Å²) in [6.07, 6.45) is 2.09. The van der Waals surface area contributed by atoms with E-state index in [1.807, 2.05) is 0 Å². The zero-order chi connectivity index (χ0) is 23.7. The van der Waals surface area contributed by atoms with Crippen molar-refractivity contribution in [2.45, 2.75) is 63.7 Å². The summed E-state index contributed by atoms with van der Waals surface area (Å²) in [7, 11) is -4.02. The molecule has 0 spiro atoms. The van der Waals surface area contributed by atoms with Crippen LogP contribution in [-0.4, -0.2) is 49.6 Å². The molecule has 4 aliphatic rings. The van der Waals surface area contributed by atoms with Gasteiger partial charge in [0, 0.05) is 37.6 Å². The molecule has 1 unspecified atom stereocenters. The second kappa shape index (κ2) is 7.24. The third-order valence-corrected chi connectivity index (χ3v) is 8.21. The number of sulfonamides is 1. The molecule has 1 amide bonds. The van der Waals surface area contributed by atoms with E-state index in [2.05, 4.69) is 5.32 Å². The predicted molar refractivity (Wildman–Crippen MR) is 114 cm³/mol. The van der Waals surface area contributed by atoms with Crippen molar-refractivity contribution in [2.24, 2.45) is 11.3 Å². The van der Waals surface area contributed by atoms with Crippen molar-refractivity contribution in [3.8, 4) is 0 Å². The SMILES string of the molecule is CN(C(=O)OC(C)(C)C)c1ccc2c(c1)CN(S(=O)(=O)C(F)(F)F)CC(C13CC(C1)C3)N2. The molecule has 32 heavy (non-hydrogen) atoms. The molecule has 1 N–H and O–H groups in total. The highest BCUT2D eigenvalue weighted by Gasteiger charge is 2.62. The first-order valence-corrected chi connectivity index (χ1v) is 12.0. The minimum absolute atomic E-state index is 0.155. The first kappa shape index (κ1) is 23.2. The second-order valence-corrected chi connectivity index (χ2v) is 12.1. The summed E-state index contributed by atoms with van der Waals surface area (Å²) in [6.45, 7) is 4.50. The van der Waals surface area contributed by atoms with Crippen molar-refractivity contribution in [3.05, 3.63) is 23.8 Å². The smallest absolute Gasteiger partial charge is 0.443 e. The summed E-state index contributed by atoms with van der Waals surface area (Å²) in [5.74, 6) is 0.594. The fourth-order valence-electron chi connectivity index (χ4n) is 4.84. The average molecular weight is 476 g/mol. The van der Waals surface area contributed by atoms with Crippen LogP contribution in [-0.2, 0) is 21.3 Å². The standard InChI is InChI=1S/C21H28F3N3O4S/c1-19(2,3)31-18(28)26(4)15-5-6-16-14(7-15)11-27(32(29,30)21(22,23)24)12-17(25-16)20-8-13(9-20)10-20/h5-7,13,17,25H,8-12H2,1-4H3. The van der Waals surface area contributed by atoms with E-state index in [1.54, 1.807) is 32.9 Å². The van der Waals surface area contributed by atoms with Gasteiger partial charge < -0.3 is 10.1 Å². The van der Waals surface area contributed by atoms with Gasteiger partial charge in [-0.25, -0.2) is 13.2 Å². The third-order valence-electron chi connectivity index (χ3n) is 6.66. The van der Waals surface area contributed by atoms with Crippen molar-refractivity contribution >= 4 is 27.5 Å². The number of fused-ring (bicyclic) bond motifs is 1. The number of halogens is 3. The molecule has 1 heterocycles. The van der Waals surface area contributed by atoms with E-state index < -0.39 is 39.8 Å². The van der Waals surface area contributed by atoms with Gasteiger partial charge in [0.25, 0.3) is 0 Å². The van der Waals surface area contributed by atoms with Crippen molar-refractivity contribution in [1.82, 2.24) is 4.31 Å². The van der Waals surface area contributed by atoms with Crippen LogP contribution in [0.2, 0.25) is 0 Å². The summed E-state index contributed by atoms with van der Waals surface area (Å²) < 4.78 is 70.8. The number of rotatable bonds is 3. The van der Waals surface area contributed by atoms with Gasteiger partial charge in [-0.3, -0.25) is 4.90 Å². The maximum Gasteiger partial charge on any atom is 0.511 e. The summed E-state index contributed by atoms with van der Waals surface area (Å²) in [5, 5.41) is 3.32. The van der Waals surface area contributed by atoms with Gasteiger partial charge >= 0.3 is 21.6 Å². The van der Waals surface area contributed by atoms with Gasteiger partial charge in [-0.05, 0) is 75.1 Å². The molecule has 11 heteroatoms. The van der Waals surface area contributed by atoms with Crippen LogP contribution in [0.25, 0.3) is 0 Å². The monoisotopic (exact) mass is 475 g/mol. The number of nitrogens with one attached hydrogen (secondary N) is 1. The molecule has 7 nitrogen and oxygen atoms in total. The third kappa shape index (κ3) is 3.93. The lowest BCUT2D eigenvalue weighted by Crippen LogP contribution is -2.63. The molecule has 0 radical (unpaired) electrons. The summed E-state index contributed by atoms with van der Waals surface area (Å²) in [5.41, 5.74) is -4.90. The van der Waals surface area contributed by atoms with Crippen molar-refractivity contribution in [3.63, 3.8) is 0 Å². The van der Waals surface area contributed by atoms with E-state index in [0.717, 1.165) is 19.3 Å². The number of amides is 1. The minimum atomic E-state index is -5.51. The highest BCUT2D eigenvalue weighted by molar-refractivity contribution is 7.89. The van der Waals surface area contributed by atoms with Crippen LogP contribution in [0.4, 0.5) is 29.3 Å². The van der Waals surface area contributed by atoms with Crippen LogP contribution >= 0.6 is 0 Å². The van der Waals surface area contributed by atoms with Crippen molar-refractivity contribution in [2.75, 3.05) is 23.8 Å². The van der Waals surface area contributed by atoms with E-state index in [4.69, 9.17) is 4.74 Å². The van der Waals surface area contributed by atoms with Crippen LogP contribution < -0.4 is 10.2 Å². The Balaban J connectivity index is 1.67. The molecule has 0 saturated heterocycles. The van der Waals surface area contributed by atoms with Crippen LogP contribution in [0.15, 0.2) is 18.2 Å². The molecule has 178 valence electrons. The Morgan fingerprint density at radius 2 is 1.84 bits per heavy atom. The van der Waals surface area contributed by atoms with Gasteiger partial charge in [0.15, 0.2) is 0 Å². The average Bonchev–Trinajstić information content (AvgIpc) is 2.75. The lowest BCUT2D eigenvalue weighted by Gasteiger charge is -2.65. The number of hydrogen-bond acceptors (Lipinski definition) is 5. The fraction of sp³-hybridized carbons (Fsp3) is 0.667. The molecular weight excluding hydrogens is 447 g/mol. The van der Waals surface area contributed by atoms with Gasteiger partial charge in [0.05, 0.1) is 0 Å². The number of nitrogens with zero attached hydrogens (tertiary/aromatic N) is 2. The van der Waals surface area contributed by atoms with E-state index in [-0.39, 0.29) is 12.0 Å². The van der Waals surface area contributed by atoms with Crippen molar-refractivity contribution < 1.29 is 31.1 Å². The van der Waals surface area contributed by atoms with Crippen LogP contribution in [0.5, 0.6) is 0 Å². The van der Waals surface area contributed by atoms with Gasteiger partial charge in [-0.2, -0.15) is 17.5 Å². The van der Waals surface area contributed by atoms with E-state index in [0.29, 0.717) is 27.2 Å².